The molecule has 6 nitrogen and oxygen atoms in total. The maximum absolute atomic E-state index is 12.5. The molecule has 0 bridgehead atoms. The van der Waals surface area contributed by atoms with Crippen LogP contribution in [0.4, 0.5) is 0 Å². The van der Waals surface area contributed by atoms with Crippen LogP contribution in [0, 0.1) is 13.8 Å². The third-order valence-corrected chi connectivity index (χ3v) is 4.71. The maximum atomic E-state index is 12.5. The highest BCUT2D eigenvalue weighted by atomic mass is 32.1. The molecule has 23 heavy (non-hydrogen) atoms. The van der Waals surface area contributed by atoms with Crippen molar-refractivity contribution in [3.63, 3.8) is 0 Å². The Bertz CT molecular complexity index is 825. The largest absolute Gasteiger partial charge is 0.345 e. The number of rotatable bonds is 4. The number of amides is 1. The van der Waals surface area contributed by atoms with E-state index in [2.05, 4.69) is 20.3 Å². The second-order valence-electron chi connectivity index (χ2n) is 5.25. The number of hydrogen-bond acceptors (Lipinski definition) is 5. The zero-order valence-electron chi connectivity index (χ0n) is 13.1. The third-order valence-electron chi connectivity index (χ3n) is 3.46. The van der Waals surface area contributed by atoms with Gasteiger partial charge in [0.1, 0.15) is 12.1 Å². The highest BCUT2D eigenvalue weighted by Crippen LogP contribution is 2.24. The molecule has 3 aromatic rings. The van der Waals surface area contributed by atoms with Crippen molar-refractivity contribution < 1.29 is 4.79 Å². The van der Waals surface area contributed by atoms with Crippen molar-refractivity contribution in [1.29, 1.82) is 0 Å². The normalized spacial score (nSPS) is 12.1. The lowest BCUT2D eigenvalue weighted by Crippen LogP contribution is -2.26. The molecule has 0 saturated heterocycles. The fourth-order valence-electron chi connectivity index (χ4n) is 2.39. The van der Waals surface area contributed by atoms with E-state index in [1.165, 1.54) is 0 Å². The summed E-state index contributed by atoms with van der Waals surface area (Å²) in [6, 6.07) is 3.36. The van der Waals surface area contributed by atoms with Crippen LogP contribution >= 0.6 is 11.3 Å². The van der Waals surface area contributed by atoms with Crippen LogP contribution < -0.4 is 5.32 Å². The van der Waals surface area contributed by atoms with Crippen molar-refractivity contribution in [3.8, 4) is 5.82 Å². The molecule has 0 aromatic carbocycles. The topological polar surface area (TPSA) is 72.7 Å². The average Bonchev–Trinajstić information content (AvgIpc) is 3.17. The zero-order chi connectivity index (χ0) is 16.4. The monoisotopic (exact) mass is 327 g/mol. The molecule has 3 rings (SSSR count). The molecule has 7 heteroatoms. The second kappa shape index (κ2) is 6.29. The van der Waals surface area contributed by atoms with E-state index in [1.54, 1.807) is 53.0 Å². The van der Waals surface area contributed by atoms with Gasteiger partial charge in [-0.3, -0.25) is 9.36 Å². The summed E-state index contributed by atoms with van der Waals surface area (Å²) in [4.78, 5) is 26.2. The molecule has 1 amide bonds. The Morgan fingerprint density at radius 2 is 2.17 bits per heavy atom. The maximum Gasteiger partial charge on any atom is 0.251 e. The number of aromatic nitrogens is 4. The first-order valence-electron chi connectivity index (χ1n) is 7.24. The molecular weight excluding hydrogens is 310 g/mol. The summed E-state index contributed by atoms with van der Waals surface area (Å²) in [5, 5.41) is 4.02. The molecule has 3 heterocycles. The number of nitrogens with one attached hydrogen (secondary N) is 1. The van der Waals surface area contributed by atoms with E-state index in [9.17, 15) is 4.79 Å². The molecule has 0 aliphatic heterocycles. The summed E-state index contributed by atoms with van der Waals surface area (Å²) in [6.45, 7) is 5.90. The molecule has 0 saturated carbocycles. The quantitative estimate of drug-likeness (QED) is 0.800. The average molecular weight is 327 g/mol. The molecule has 0 aliphatic carbocycles. The summed E-state index contributed by atoms with van der Waals surface area (Å²) in [7, 11) is 0. The summed E-state index contributed by atoms with van der Waals surface area (Å²) in [6.07, 6.45) is 6.73. The number of thiazole rings is 1. The van der Waals surface area contributed by atoms with Gasteiger partial charge in [-0.15, -0.1) is 11.3 Å². The number of pyridine rings is 1. The van der Waals surface area contributed by atoms with Crippen molar-refractivity contribution >= 4 is 17.2 Å². The first-order valence-corrected chi connectivity index (χ1v) is 8.05. The van der Waals surface area contributed by atoms with Crippen LogP contribution in [-0.4, -0.2) is 25.4 Å². The van der Waals surface area contributed by atoms with Gasteiger partial charge in [0, 0.05) is 29.0 Å². The predicted molar refractivity (Wildman–Crippen MR) is 88.8 cm³/mol. The molecule has 0 fully saturated rings. The smallest absolute Gasteiger partial charge is 0.251 e. The van der Waals surface area contributed by atoms with Gasteiger partial charge in [-0.05, 0) is 32.9 Å². The van der Waals surface area contributed by atoms with E-state index in [0.29, 0.717) is 11.4 Å². The Kier molecular flexibility index (Phi) is 4.20. The molecule has 0 radical (unpaired) electrons. The molecule has 1 N–H and O–H groups in total. The van der Waals surface area contributed by atoms with E-state index < -0.39 is 0 Å². The van der Waals surface area contributed by atoms with Crippen LogP contribution in [0.15, 0.2) is 37.1 Å². The lowest BCUT2D eigenvalue weighted by Gasteiger charge is -2.13. The minimum absolute atomic E-state index is 0.0847. The van der Waals surface area contributed by atoms with Gasteiger partial charge in [0.2, 0.25) is 0 Å². The van der Waals surface area contributed by atoms with Gasteiger partial charge in [0.15, 0.2) is 0 Å². The fourth-order valence-corrected chi connectivity index (χ4v) is 3.32. The van der Waals surface area contributed by atoms with Gasteiger partial charge < -0.3 is 5.32 Å². The van der Waals surface area contributed by atoms with Crippen molar-refractivity contribution in [2.45, 2.75) is 26.8 Å². The molecule has 3 aromatic heterocycles. The van der Waals surface area contributed by atoms with Crippen molar-refractivity contribution in [3.05, 3.63) is 58.2 Å². The Hall–Kier alpha value is -2.54. The second-order valence-corrected chi connectivity index (χ2v) is 6.49. The number of imidazole rings is 1. The number of nitrogens with zero attached hydrogens (tertiary/aromatic N) is 4. The Balaban J connectivity index is 1.78. The van der Waals surface area contributed by atoms with Gasteiger partial charge in [-0.1, -0.05) is 0 Å². The summed E-state index contributed by atoms with van der Waals surface area (Å²) >= 11 is 1.61. The van der Waals surface area contributed by atoms with Gasteiger partial charge >= 0.3 is 0 Å². The SMILES string of the molecule is Cc1nc(C)c(C(C)NC(=O)c2ccnc(-n3ccnc3)c2)s1. The first-order chi connectivity index (χ1) is 11.0. The van der Waals surface area contributed by atoms with Gasteiger partial charge in [-0.2, -0.15) is 0 Å². The number of aryl methyl sites for hydroxylation is 2. The van der Waals surface area contributed by atoms with E-state index in [-0.39, 0.29) is 11.9 Å². The molecule has 1 unspecified atom stereocenters. The zero-order valence-corrected chi connectivity index (χ0v) is 14.0. The number of carbonyl (C=O) groups excluding carboxylic acids is 1. The lowest BCUT2D eigenvalue weighted by atomic mass is 10.2. The summed E-state index contributed by atoms with van der Waals surface area (Å²) in [5.41, 5.74) is 1.53. The van der Waals surface area contributed by atoms with Crippen molar-refractivity contribution in [2.75, 3.05) is 0 Å². The van der Waals surface area contributed by atoms with E-state index in [4.69, 9.17) is 0 Å². The Morgan fingerprint density at radius 1 is 1.35 bits per heavy atom. The van der Waals surface area contributed by atoms with Crippen LogP contribution in [0.3, 0.4) is 0 Å². The fraction of sp³-hybridized carbons (Fsp3) is 0.250. The third kappa shape index (κ3) is 3.29. The number of carbonyl (C=O) groups is 1. The number of hydrogen-bond donors (Lipinski definition) is 1. The molecule has 118 valence electrons. The molecule has 0 spiro atoms. The van der Waals surface area contributed by atoms with Crippen LogP contribution in [0.1, 0.15) is 38.9 Å². The van der Waals surface area contributed by atoms with Crippen molar-refractivity contribution in [2.24, 2.45) is 0 Å². The van der Waals surface area contributed by atoms with Crippen LogP contribution in [-0.2, 0) is 0 Å². The van der Waals surface area contributed by atoms with Crippen LogP contribution in [0.25, 0.3) is 5.82 Å². The predicted octanol–water partition coefficient (Wildman–Crippen LogP) is 2.83. The van der Waals surface area contributed by atoms with E-state index >= 15 is 0 Å². The minimum atomic E-state index is -0.133. The summed E-state index contributed by atoms with van der Waals surface area (Å²) < 4.78 is 1.76. The van der Waals surface area contributed by atoms with Gasteiger partial charge in [-0.25, -0.2) is 15.0 Å². The summed E-state index contributed by atoms with van der Waals surface area (Å²) in [5.74, 6) is 0.527. The first kappa shape index (κ1) is 15.4. The van der Waals surface area contributed by atoms with Crippen LogP contribution in [0.2, 0.25) is 0 Å². The van der Waals surface area contributed by atoms with E-state index in [0.717, 1.165) is 15.6 Å². The molecule has 1 atom stereocenters. The standard InChI is InChI=1S/C16H17N5OS/c1-10-15(23-12(3)19-10)11(2)20-16(22)13-4-5-18-14(8-13)21-7-6-17-9-21/h4-9,11H,1-3H3,(H,20,22). The molecule has 0 aliphatic rings. The lowest BCUT2D eigenvalue weighted by molar-refractivity contribution is 0.0940. The van der Waals surface area contributed by atoms with Gasteiger partial charge in [0.05, 0.1) is 16.7 Å². The Labute approximate surface area is 138 Å². The highest BCUT2D eigenvalue weighted by molar-refractivity contribution is 7.11. The van der Waals surface area contributed by atoms with Crippen LogP contribution in [0.5, 0.6) is 0 Å². The minimum Gasteiger partial charge on any atom is -0.345 e. The van der Waals surface area contributed by atoms with Crippen molar-refractivity contribution in [1.82, 2.24) is 24.8 Å². The van der Waals surface area contributed by atoms with E-state index in [1.807, 2.05) is 20.8 Å². The Morgan fingerprint density at radius 3 is 2.83 bits per heavy atom. The highest BCUT2D eigenvalue weighted by Gasteiger charge is 2.16. The molecular formula is C16H17N5OS. The van der Waals surface area contributed by atoms with Gasteiger partial charge in [0.25, 0.3) is 5.91 Å².